The van der Waals surface area contributed by atoms with Gasteiger partial charge in [-0.3, -0.25) is 14.9 Å². The lowest BCUT2D eigenvalue weighted by Crippen LogP contribution is -2.32. The standard InChI is InChI=1S/C14H16F2N2O3/c1-8-14(20)18(6-5-12(19)21-2)13(17-8)9-3-4-10(15)11(16)7-9/h3-4,7-8,13,17H,5-6H2,1-2H3. The summed E-state index contributed by atoms with van der Waals surface area (Å²) < 4.78 is 30.9. The zero-order chi connectivity index (χ0) is 15.6. The number of rotatable bonds is 4. The molecule has 0 spiro atoms. The Hall–Kier alpha value is -2.02. The number of carbonyl (C=O) groups is 2. The summed E-state index contributed by atoms with van der Waals surface area (Å²) in [5.41, 5.74) is 0.427. The van der Waals surface area contributed by atoms with Crippen molar-refractivity contribution in [1.29, 1.82) is 0 Å². The van der Waals surface area contributed by atoms with Gasteiger partial charge in [0.2, 0.25) is 5.91 Å². The molecule has 1 aliphatic rings. The van der Waals surface area contributed by atoms with E-state index in [1.807, 2.05) is 0 Å². The van der Waals surface area contributed by atoms with Gasteiger partial charge < -0.3 is 9.64 Å². The van der Waals surface area contributed by atoms with Crippen molar-refractivity contribution >= 4 is 11.9 Å². The highest BCUT2D eigenvalue weighted by atomic mass is 19.2. The van der Waals surface area contributed by atoms with Crippen LogP contribution in [0.15, 0.2) is 18.2 Å². The number of nitrogens with zero attached hydrogens (tertiary/aromatic N) is 1. The SMILES string of the molecule is COC(=O)CCN1C(=O)C(C)NC1c1ccc(F)c(F)c1. The average molecular weight is 298 g/mol. The van der Waals surface area contributed by atoms with Gasteiger partial charge in [-0.25, -0.2) is 8.78 Å². The molecule has 2 atom stereocenters. The Morgan fingerprint density at radius 2 is 2.10 bits per heavy atom. The Kier molecular flexibility index (Phi) is 4.52. The fourth-order valence-electron chi connectivity index (χ4n) is 2.29. The van der Waals surface area contributed by atoms with Gasteiger partial charge in [0.1, 0.15) is 6.17 Å². The Bertz CT molecular complexity index is 565. The Balaban J connectivity index is 2.20. The van der Waals surface area contributed by atoms with E-state index >= 15 is 0 Å². The minimum atomic E-state index is -0.978. The van der Waals surface area contributed by atoms with Crippen LogP contribution >= 0.6 is 0 Å². The van der Waals surface area contributed by atoms with Crippen molar-refractivity contribution in [3.8, 4) is 0 Å². The lowest BCUT2D eigenvalue weighted by molar-refractivity contribution is -0.141. The Morgan fingerprint density at radius 3 is 2.71 bits per heavy atom. The summed E-state index contributed by atoms with van der Waals surface area (Å²) in [5.74, 6) is -2.56. The molecule has 1 saturated heterocycles. The fraction of sp³-hybridized carbons (Fsp3) is 0.429. The lowest BCUT2D eigenvalue weighted by Gasteiger charge is -2.24. The molecule has 2 unspecified atom stereocenters. The quantitative estimate of drug-likeness (QED) is 0.852. The molecule has 7 heteroatoms. The van der Waals surface area contributed by atoms with Gasteiger partial charge in [-0.15, -0.1) is 0 Å². The van der Waals surface area contributed by atoms with Gasteiger partial charge in [-0.1, -0.05) is 6.07 Å². The highest BCUT2D eigenvalue weighted by Crippen LogP contribution is 2.26. The number of ether oxygens (including phenoxy) is 1. The van der Waals surface area contributed by atoms with E-state index in [-0.39, 0.29) is 18.9 Å². The van der Waals surface area contributed by atoms with Gasteiger partial charge >= 0.3 is 5.97 Å². The van der Waals surface area contributed by atoms with Crippen molar-refractivity contribution in [2.45, 2.75) is 25.6 Å². The molecule has 0 saturated carbocycles. The maximum absolute atomic E-state index is 13.3. The van der Waals surface area contributed by atoms with Crippen molar-refractivity contribution in [2.75, 3.05) is 13.7 Å². The average Bonchev–Trinajstić information content (AvgIpc) is 2.75. The van der Waals surface area contributed by atoms with Crippen LogP contribution in [0, 0.1) is 11.6 Å². The fourth-order valence-corrected chi connectivity index (χ4v) is 2.29. The lowest BCUT2D eigenvalue weighted by atomic mass is 10.1. The van der Waals surface area contributed by atoms with E-state index in [9.17, 15) is 18.4 Å². The van der Waals surface area contributed by atoms with E-state index in [1.165, 1.54) is 18.1 Å². The number of benzene rings is 1. The molecule has 21 heavy (non-hydrogen) atoms. The van der Waals surface area contributed by atoms with Crippen molar-refractivity contribution < 1.29 is 23.1 Å². The molecule has 114 valence electrons. The molecule has 5 nitrogen and oxygen atoms in total. The zero-order valence-electron chi connectivity index (χ0n) is 11.7. The summed E-state index contributed by atoms with van der Waals surface area (Å²) in [5, 5.41) is 2.99. The molecule has 1 fully saturated rings. The van der Waals surface area contributed by atoms with Crippen LogP contribution in [0.4, 0.5) is 8.78 Å². The number of nitrogens with one attached hydrogen (secondary N) is 1. The second kappa shape index (κ2) is 6.17. The molecule has 1 amide bonds. The highest BCUT2D eigenvalue weighted by molar-refractivity contribution is 5.84. The Morgan fingerprint density at radius 1 is 1.38 bits per heavy atom. The van der Waals surface area contributed by atoms with E-state index < -0.39 is 29.8 Å². The van der Waals surface area contributed by atoms with E-state index in [0.29, 0.717) is 5.56 Å². The minimum absolute atomic E-state index is 0.0385. The van der Waals surface area contributed by atoms with Crippen molar-refractivity contribution in [1.82, 2.24) is 10.2 Å². The van der Waals surface area contributed by atoms with Gasteiger partial charge in [0, 0.05) is 6.54 Å². The van der Waals surface area contributed by atoms with Gasteiger partial charge in [-0.05, 0) is 24.6 Å². The minimum Gasteiger partial charge on any atom is -0.469 e. The molecule has 0 aliphatic carbocycles. The molecule has 0 radical (unpaired) electrons. The monoisotopic (exact) mass is 298 g/mol. The Labute approximate surface area is 120 Å². The molecule has 1 N–H and O–H groups in total. The molecule has 1 aromatic rings. The third-order valence-electron chi connectivity index (χ3n) is 3.42. The third kappa shape index (κ3) is 3.18. The third-order valence-corrected chi connectivity index (χ3v) is 3.42. The van der Waals surface area contributed by atoms with E-state index in [2.05, 4.69) is 10.1 Å². The number of amides is 1. The first kappa shape index (κ1) is 15.4. The van der Waals surface area contributed by atoms with Crippen LogP contribution in [0.2, 0.25) is 0 Å². The summed E-state index contributed by atoms with van der Waals surface area (Å²) in [6, 6.07) is 3.01. The predicted octanol–water partition coefficient (Wildman–Crippen LogP) is 1.35. The van der Waals surface area contributed by atoms with Gasteiger partial charge in [0.05, 0.1) is 19.6 Å². The van der Waals surface area contributed by atoms with Crippen LogP contribution in [0.3, 0.4) is 0 Å². The zero-order valence-corrected chi connectivity index (χ0v) is 11.7. The normalized spacial score (nSPS) is 21.7. The first-order chi connectivity index (χ1) is 9.93. The molecular weight excluding hydrogens is 282 g/mol. The van der Waals surface area contributed by atoms with Crippen LogP contribution in [0.25, 0.3) is 0 Å². The molecule has 0 bridgehead atoms. The second-order valence-corrected chi connectivity index (χ2v) is 4.82. The van der Waals surface area contributed by atoms with E-state index in [1.54, 1.807) is 6.92 Å². The maximum atomic E-state index is 13.3. The molecule has 1 aromatic carbocycles. The highest BCUT2D eigenvalue weighted by Gasteiger charge is 2.37. The number of methoxy groups -OCH3 is 1. The summed E-state index contributed by atoms with van der Waals surface area (Å²) in [6.45, 7) is 1.82. The number of hydrogen-bond donors (Lipinski definition) is 1. The van der Waals surface area contributed by atoms with Crippen LogP contribution in [-0.4, -0.2) is 36.5 Å². The van der Waals surface area contributed by atoms with E-state index in [0.717, 1.165) is 12.1 Å². The van der Waals surface area contributed by atoms with Crippen molar-refractivity contribution in [3.63, 3.8) is 0 Å². The van der Waals surface area contributed by atoms with Crippen molar-refractivity contribution in [2.24, 2.45) is 0 Å². The number of esters is 1. The summed E-state index contributed by atoms with van der Waals surface area (Å²) in [7, 11) is 1.27. The smallest absolute Gasteiger partial charge is 0.307 e. The van der Waals surface area contributed by atoms with E-state index in [4.69, 9.17) is 0 Å². The first-order valence-corrected chi connectivity index (χ1v) is 6.52. The van der Waals surface area contributed by atoms with Gasteiger partial charge in [0.25, 0.3) is 0 Å². The molecule has 1 heterocycles. The summed E-state index contributed by atoms with van der Waals surface area (Å²) >= 11 is 0. The predicted molar refractivity (Wildman–Crippen MR) is 70.0 cm³/mol. The first-order valence-electron chi connectivity index (χ1n) is 6.52. The topological polar surface area (TPSA) is 58.6 Å². The van der Waals surface area contributed by atoms with Gasteiger partial charge in [-0.2, -0.15) is 0 Å². The molecule has 0 aromatic heterocycles. The van der Waals surface area contributed by atoms with Crippen LogP contribution in [-0.2, 0) is 14.3 Å². The van der Waals surface area contributed by atoms with Crippen LogP contribution in [0.1, 0.15) is 25.1 Å². The summed E-state index contributed by atoms with van der Waals surface area (Å²) in [6.07, 6.45) is -0.552. The van der Waals surface area contributed by atoms with Crippen molar-refractivity contribution in [3.05, 3.63) is 35.4 Å². The van der Waals surface area contributed by atoms with Crippen LogP contribution < -0.4 is 5.32 Å². The number of hydrogen-bond acceptors (Lipinski definition) is 4. The van der Waals surface area contributed by atoms with Crippen LogP contribution in [0.5, 0.6) is 0 Å². The molecular formula is C14H16F2N2O3. The number of halogens is 2. The van der Waals surface area contributed by atoms with Gasteiger partial charge in [0.15, 0.2) is 11.6 Å². The maximum Gasteiger partial charge on any atom is 0.307 e. The number of carbonyl (C=O) groups excluding carboxylic acids is 2. The molecule has 1 aliphatic heterocycles. The molecule has 2 rings (SSSR count). The largest absolute Gasteiger partial charge is 0.469 e. The summed E-state index contributed by atoms with van der Waals surface area (Å²) in [4.78, 5) is 24.7. The second-order valence-electron chi connectivity index (χ2n) is 4.82.